The molecule has 2 atom stereocenters. The van der Waals surface area contributed by atoms with Crippen molar-refractivity contribution >= 4 is 11.6 Å². The summed E-state index contributed by atoms with van der Waals surface area (Å²) >= 11 is 5.99. The van der Waals surface area contributed by atoms with Gasteiger partial charge in [0.15, 0.2) is 0 Å². The molecule has 3 heteroatoms. The third-order valence-electron chi connectivity index (χ3n) is 3.82. The quantitative estimate of drug-likeness (QED) is 0.721. The maximum absolute atomic E-state index is 13.6. The third-order valence-corrected chi connectivity index (χ3v) is 4.18. The van der Waals surface area contributed by atoms with Crippen LogP contribution >= 0.6 is 11.6 Å². The summed E-state index contributed by atoms with van der Waals surface area (Å²) in [5.41, 5.74) is 0.483. The fraction of sp³-hybridized carbons (Fsp3) is 0.625. The zero-order valence-electron chi connectivity index (χ0n) is 11.7. The van der Waals surface area contributed by atoms with Gasteiger partial charge in [0.05, 0.1) is 12.7 Å². The topological polar surface area (TPSA) is 9.23 Å². The van der Waals surface area contributed by atoms with Gasteiger partial charge in [-0.05, 0) is 49.7 Å². The van der Waals surface area contributed by atoms with Gasteiger partial charge >= 0.3 is 0 Å². The molecule has 0 radical (unpaired) electrons. The predicted molar refractivity (Wildman–Crippen MR) is 76.8 cm³/mol. The Morgan fingerprint density at radius 3 is 2.84 bits per heavy atom. The van der Waals surface area contributed by atoms with Gasteiger partial charge in [0.25, 0.3) is 0 Å². The molecule has 0 saturated heterocycles. The molecular formula is C16H22ClFO. The van der Waals surface area contributed by atoms with Gasteiger partial charge < -0.3 is 4.74 Å². The minimum absolute atomic E-state index is 0.263. The molecule has 0 aromatic heterocycles. The van der Waals surface area contributed by atoms with E-state index in [0.717, 1.165) is 24.7 Å². The van der Waals surface area contributed by atoms with Crippen LogP contribution in [0.4, 0.5) is 4.39 Å². The molecule has 0 amide bonds. The molecular weight excluding hydrogens is 263 g/mol. The van der Waals surface area contributed by atoms with Crippen LogP contribution in [0.15, 0.2) is 18.2 Å². The Bertz CT molecular complexity index is 399. The Kier molecular flexibility index (Phi) is 5.23. The van der Waals surface area contributed by atoms with Crippen molar-refractivity contribution in [2.45, 2.75) is 52.2 Å². The number of halogens is 2. The molecule has 2 rings (SSSR count). The smallest absolute Gasteiger partial charge is 0.130 e. The summed E-state index contributed by atoms with van der Waals surface area (Å²) in [6.07, 6.45) is 4.95. The Hall–Kier alpha value is -0.600. The van der Waals surface area contributed by atoms with Crippen molar-refractivity contribution in [1.82, 2.24) is 0 Å². The molecule has 1 saturated carbocycles. The molecule has 1 aromatic rings. The lowest BCUT2D eigenvalue weighted by atomic mass is 9.96. The number of ether oxygens (including phenoxy) is 1. The Morgan fingerprint density at radius 2 is 2.16 bits per heavy atom. The normalized spacial score (nSPS) is 23.2. The van der Waals surface area contributed by atoms with Crippen molar-refractivity contribution in [1.29, 1.82) is 0 Å². The highest BCUT2D eigenvalue weighted by Crippen LogP contribution is 2.33. The monoisotopic (exact) mass is 284 g/mol. The Morgan fingerprint density at radius 1 is 1.37 bits per heavy atom. The molecule has 19 heavy (non-hydrogen) atoms. The number of hydrogen-bond donors (Lipinski definition) is 0. The summed E-state index contributed by atoms with van der Waals surface area (Å²) in [5.74, 6) is 1.23. The van der Waals surface area contributed by atoms with E-state index in [0.29, 0.717) is 10.6 Å². The Balaban J connectivity index is 1.84. The van der Waals surface area contributed by atoms with Crippen molar-refractivity contribution in [3.8, 4) is 0 Å². The lowest BCUT2D eigenvalue weighted by Gasteiger charge is -2.15. The molecule has 1 aliphatic carbocycles. The lowest BCUT2D eigenvalue weighted by molar-refractivity contribution is 0.0409. The van der Waals surface area contributed by atoms with E-state index in [2.05, 4.69) is 13.8 Å². The molecule has 0 aliphatic heterocycles. The highest BCUT2D eigenvalue weighted by molar-refractivity contribution is 6.31. The maximum atomic E-state index is 13.6. The lowest BCUT2D eigenvalue weighted by Crippen LogP contribution is -2.10. The van der Waals surface area contributed by atoms with Crippen molar-refractivity contribution < 1.29 is 9.13 Å². The van der Waals surface area contributed by atoms with E-state index < -0.39 is 0 Å². The molecule has 1 fully saturated rings. The molecule has 0 bridgehead atoms. The number of hydrogen-bond acceptors (Lipinski definition) is 1. The first-order chi connectivity index (χ1) is 9.06. The molecule has 0 heterocycles. The minimum Gasteiger partial charge on any atom is -0.373 e. The number of benzene rings is 1. The first kappa shape index (κ1) is 14.8. The van der Waals surface area contributed by atoms with Gasteiger partial charge in [-0.25, -0.2) is 4.39 Å². The first-order valence-corrected chi connectivity index (χ1v) is 7.48. The summed E-state index contributed by atoms with van der Waals surface area (Å²) in [7, 11) is 0. The van der Waals surface area contributed by atoms with Crippen LogP contribution in [0.25, 0.3) is 0 Å². The zero-order chi connectivity index (χ0) is 13.8. The second-order valence-electron chi connectivity index (χ2n) is 5.94. The summed E-state index contributed by atoms with van der Waals surface area (Å²) in [4.78, 5) is 0. The van der Waals surface area contributed by atoms with E-state index >= 15 is 0 Å². The standard InChI is InChI=1S/C16H22ClFO/c1-11(2)8-12-6-7-13(9-12)19-10-14-15(17)4-3-5-16(14)18/h3-5,11-13H,6-10H2,1-2H3. The van der Waals surface area contributed by atoms with Gasteiger partial charge in [0.1, 0.15) is 5.82 Å². The van der Waals surface area contributed by atoms with Crippen molar-refractivity contribution in [2.75, 3.05) is 0 Å². The third kappa shape index (κ3) is 4.19. The second-order valence-corrected chi connectivity index (χ2v) is 6.35. The van der Waals surface area contributed by atoms with Crippen LogP contribution in [0.2, 0.25) is 5.02 Å². The van der Waals surface area contributed by atoms with Crippen LogP contribution in [0.1, 0.15) is 45.1 Å². The van der Waals surface area contributed by atoms with E-state index in [9.17, 15) is 4.39 Å². The van der Waals surface area contributed by atoms with Crippen LogP contribution in [0, 0.1) is 17.7 Å². The largest absolute Gasteiger partial charge is 0.373 e. The van der Waals surface area contributed by atoms with Crippen LogP contribution in [-0.2, 0) is 11.3 Å². The van der Waals surface area contributed by atoms with Gasteiger partial charge in [-0.2, -0.15) is 0 Å². The van der Waals surface area contributed by atoms with E-state index in [1.54, 1.807) is 12.1 Å². The second kappa shape index (κ2) is 6.71. The Labute approximate surface area is 120 Å². The van der Waals surface area contributed by atoms with Gasteiger partial charge in [-0.3, -0.25) is 0 Å². The maximum Gasteiger partial charge on any atom is 0.130 e. The van der Waals surface area contributed by atoms with Gasteiger partial charge in [0, 0.05) is 10.6 Å². The van der Waals surface area contributed by atoms with Crippen LogP contribution in [-0.4, -0.2) is 6.10 Å². The van der Waals surface area contributed by atoms with E-state index in [1.165, 1.54) is 18.9 Å². The van der Waals surface area contributed by atoms with Crippen molar-refractivity contribution in [3.05, 3.63) is 34.6 Å². The molecule has 0 spiro atoms. The van der Waals surface area contributed by atoms with Crippen molar-refractivity contribution in [3.63, 3.8) is 0 Å². The van der Waals surface area contributed by atoms with Crippen LogP contribution in [0.3, 0.4) is 0 Å². The summed E-state index contributed by atoms with van der Waals surface area (Å²) in [6, 6.07) is 4.76. The summed E-state index contributed by atoms with van der Waals surface area (Å²) < 4.78 is 19.4. The molecule has 1 nitrogen and oxygen atoms in total. The highest BCUT2D eigenvalue weighted by Gasteiger charge is 2.26. The average Bonchev–Trinajstić information content (AvgIpc) is 2.75. The van der Waals surface area contributed by atoms with Crippen molar-refractivity contribution in [2.24, 2.45) is 11.8 Å². The summed E-state index contributed by atoms with van der Waals surface area (Å²) in [6.45, 7) is 4.80. The molecule has 2 unspecified atom stereocenters. The minimum atomic E-state index is -0.274. The van der Waals surface area contributed by atoms with E-state index in [4.69, 9.17) is 16.3 Å². The predicted octanol–water partition coefficient (Wildman–Crippen LogP) is 5.21. The van der Waals surface area contributed by atoms with Crippen LogP contribution in [0.5, 0.6) is 0 Å². The average molecular weight is 285 g/mol. The fourth-order valence-corrected chi connectivity index (χ4v) is 3.15. The van der Waals surface area contributed by atoms with Gasteiger partial charge in [0.2, 0.25) is 0 Å². The number of rotatable bonds is 5. The van der Waals surface area contributed by atoms with E-state index in [-0.39, 0.29) is 18.5 Å². The SMILES string of the molecule is CC(C)CC1CCC(OCc2c(F)cccc2Cl)C1. The molecule has 1 aliphatic rings. The fourth-order valence-electron chi connectivity index (χ4n) is 2.93. The van der Waals surface area contributed by atoms with Gasteiger partial charge in [-0.15, -0.1) is 0 Å². The molecule has 0 N–H and O–H groups in total. The molecule has 106 valence electrons. The molecule has 1 aromatic carbocycles. The highest BCUT2D eigenvalue weighted by atomic mass is 35.5. The van der Waals surface area contributed by atoms with E-state index in [1.807, 2.05) is 0 Å². The summed E-state index contributed by atoms with van der Waals surface area (Å²) in [5, 5.41) is 0.455. The van der Waals surface area contributed by atoms with Crippen LogP contribution < -0.4 is 0 Å². The zero-order valence-corrected chi connectivity index (χ0v) is 12.4. The first-order valence-electron chi connectivity index (χ1n) is 7.10. The van der Waals surface area contributed by atoms with Gasteiger partial charge in [-0.1, -0.05) is 31.5 Å².